The first-order valence-electron chi connectivity index (χ1n) is 4.92. The number of nitrogens with zero attached hydrogens (tertiary/aromatic N) is 1. The minimum Gasteiger partial charge on any atom is -0.334 e. The molecule has 0 bridgehead atoms. The second kappa shape index (κ2) is 8.56. The summed E-state index contributed by atoms with van der Waals surface area (Å²) in [7, 11) is 0. The van der Waals surface area contributed by atoms with Crippen LogP contribution in [-0.2, 0) is 4.79 Å². The van der Waals surface area contributed by atoms with Gasteiger partial charge in [0.1, 0.15) is 0 Å². The highest BCUT2D eigenvalue weighted by atomic mass is 32.2. The molecular formula is C11H20N2OS. The van der Waals surface area contributed by atoms with Crippen molar-refractivity contribution >= 4 is 17.7 Å². The van der Waals surface area contributed by atoms with Crippen molar-refractivity contribution < 1.29 is 4.79 Å². The average molecular weight is 228 g/mol. The van der Waals surface area contributed by atoms with Gasteiger partial charge in [-0.3, -0.25) is 4.79 Å². The van der Waals surface area contributed by atoms with Gasteiger partial charge < -0.3 is 10.6 Å². The molecule has 0 aliphatic heterocycles. The van der Waals surface area contributed by atoms with Crippen molar-refractivity contribution in [1.29, 1.82) is 0 Å². The van der Waals surface area contributed by atoms with Crippen LogP contribution in [0.5, 0.6) is 0 Å². The van der Waals surface area contributed by atoms with Gasteiger partial charge in [-0.25, -0.2) is 0 Å². The van der Waals surface area contributed by atoms with Crippen molar-refractivity contribution in [3.63, 3.8) is 0 Å². The Morgan fingerprint density at radius 2 is 2.00 bits per heavy atom. The second-order valence-electron chi connectivity index (χ2n) is 3.21. The van der Waals surface area contributed by atoms with Crippen LogP contribution in [-0.4, -0.2) is 41.9 Å². The number of thioether (sulfide) groups is 1. The van der Waals surface area contributed by atoms with Gasteiger partial charge in [0.2, 0.25) is 5.91 Å². The van der Waals surface area contributed by atoms with E-state index in [1.165, 1.54) is 0 Å². The van der Waals surface area contributed by atoms with Crippen LogP contribution in [0.2, 0.25) is 0 Å². The van der Waals surface area contributed by atoms with E-state index >= 15 is 0 Å². The lowest BCUT2D eigenvalue weighted by Crippen LogP contribution is -2.44. The van der Waals surface area contributed by atoms with E-state index in [2.05, 4.69) is 13.2 Å². The summed E-state index contributed by atoms with van der Waals surface area (Å²) in [4.78, 5) is 13.5. The van der Waals surface area contributed by atoms with Gasteiger partial charge in [-0.1, -0.05) is 12.2 Å². The van der Waals surface area contributed by atoms with E-state index in [0.717, 1.165) is 5.75 Å². The first-order chi connectivity index (χ1) is 7.17. The molecule has 1 atom stereocenters. The smallest absolute Gasteiger partial charge is 0.240 e. The highest BCUT2D eigenvalue weighted by Crippen LogP contribution is 2.02. The van der Waals surface area contributed by atoms with Crippen LogP contribution in [0.4, 0.5) is 0 Å². The number of hydrogen-bond donors (Lipinski definition) is 1. The SMILES string of the molecule is C=CCN(CC=C)C(=O)C(N)CCSC. The Morgan fingerprint density at radius 3 is 2.40 bits per heavy atom. The largest absolute Gasteiger partial charge is 0.334 e. The number of carbonyl (C=O) groups is 1. The number of rotatable bonds is 8. The molecule has 0 saturated heterocycles. The maximum atomic E-state index is 11.8. The molecule has 0 aliphatic carbocycles. The van der Waals surface area contributed by atoms with Gasteiger partial charge in [0, 0.05) is 13.1 Å². The third-order valence-corrected chi connectivity index (χ3v) is 2.60. The van der Waals surface area contributed by atoms with Gasteiger partial charge in [0.05, 0.1) is 6.04 Å². The van der Waals surface area contributed by atoms with Gasteiger partial charge in [-0.2, -0.15) is 11.8 Å². The summed E-state index contributed by atoms with van der Waals surface area (Å²) in [6, 6.07) is -0.405. The monoisotopic (exact) mass is 228 g/mol. The summed E-state index contributed by atoms with van der Waals surface area (Å²) >= 11 is 1.69. The zero-order chi connectivity index (χ0) is 11.7. The van der Waals surface area contributed by atoms with Gasteiger partial charge in [0.25, 0.3) is 0 Å². The molecule has 0 heterocycles. The molecule has 3 nitrogen and oxygen atoms in total. The van der Waals surface area contributed by atoms with Crippen molar-refractivity contribution in [1.82, 2.24) is 4.90 Å². The molecule has 0 saturated carbocycles. The van der Waals surface area contributed by atoms with E-state index in [1.807, 2.05) is 6.26 Å². The van der Waals surface area contributed by atoms with E-state index < -0.39 is 6.04 Å². The van der Waals surface area contributed by atoms with Crippen LogP contribution >= 0.6 is 11.8 Å². The van der Waals surface area contributed by atoms with Crippen molar-refractivity contribution in [2.24, 2.45) is 5.73 Å². The molecule has 1 amide bonds. The molecule has 0 aliphatic rings. The molecule has 1 unspecified atom stereocenters. The Balaban J connectivity index is 4.20. The number of carbonyl (C=O) groups excluding carboxylic acids is 1. The average Bonchev–Trinajstić information content (AvgIpc) is 2.24. The molecule has 0 radical (unpaired) electrons. The lowest BCUT2D eigenvalue weighted by Gasteiger charge is -2.22. The fraction of sp³-hybridized carbons (Fsp3) is 0.545. The standard InChI is InChI=1S/C11H20N2OS/c1-4-7-13(8-5-2)11(14)10(12)6-9-15-3/h4-5,10H,1-2,6-9,12H2,3H3. The Morgan fingerprint density at radius 1 is 1.47 bits per heavy atom. The molecule has 4 heteroatoms. The third-order valence-electron chi connectivity index (χ3n) is 1.96. The first kappa shape index (κ1) is 14.3. The zero-order valence-corrected chi connectivity index (χ0v) is 10.1. The highest BCUT2D eigenvalue weighted by molar-refractivity contribution is 7.98. The molecular weight excluding hydrogens is 208 g/mol. The molecule has 0 rings (SSSR count). The van der Waals surface area contributed by atoms with E-state index in [9.17, 15) is 4.79 Å². The van der Waals surface area contributed by atoms with Crippen LogP contribution in [0.15, 0.2) is 25.3 Å². The fourth-order valence-electron chi connectivity index (χ4n) is 1.17. The van der Waals surface area contributed by atoms with E-state index in [1.54, 1.807) is 28.8 Å². The number of hydrogen-bond acceptors (Lipinski definition) is 3. The van der Waals surface area contributed by atoms with Gasteiger partial charge in [-0.15, -0.1) is 13.2 Å². The van der Waals surface area contributed by atoms with Crippen molar-refractivity contribution in [2.45, 2.75) is 12.5 Å². The van der Waals surface area contributed by atoms with Crippen LogP contribution < -0.4 is 5.73 Å². The van der Waals surface area contributed by atoms with Crippen LogP contribution in [0.1, 0.15) is 6.42 Å². The molecule has 15 heavy (non-hydrogen) atoms. The second-order valence-corrected chi connectivity index (χ2v) is 4.19. The van der Waals surface area contributed by atoms with Crippen molar-refractivity contribution in [3.8, 4) is 0 Å². The van der Waals surface area contributed by atoms with Crippen molar-refractivity contribution in [2.75, 3.05) is 25.1 Å². The lowest BCUT2D eigenvalue weighted by atomic mass is 10.2. The summed E-state index contributed by atoms with van der Waals surface area (Å²) in [5.41, 5.74) is 5.79. The molecule has 86 valence electrons. The lowest BCUT2D eigenvalue weighted by molar-refractivity contribution is -0.131. The van der Waals surface area contributed by atoms with Gasteiger partial charge in [0.15, 0.2) is 0 Å². The van der Waals surface area contributed by atoms with Crippen LogP contribution in [0.25, 0.3) is 0 Å². The Bertz CT molecular complexity index is 209. The normalized spacial score (nSPS) is 11.9. The van der Waals surface area contributed by atoms with Crippen LogP contribution in [0, 0.1) is 0 Å². The predicted octanol–water partition coefficient (Wildman–Crippen LogP) is 1.27. The predicted molar refractivity (Wildman–Crippen MR) is 67.9 cm³/mol. The fourth-order valence-corrected chi connectivity index (χ4v) is 1.66. The molecule has 0 aromatic heterocycles. The molecule has 0 aromatic carbocycles. The third kappa shape index (κ3) is 5.64. The maximum Gasteiger partial charge on any atom is 0.240 e. The van der Waals surface area contributed by atoms with Gasteiger partial charge >= 0.3 is 0 Å². The summed E-state index contributed by atoms with van der Waals surface area (Å²) in [5.74, 6) is 0.881. The van der Waals surface area contributed by atoms with E-state index in [0.29, 0.717) is 19.5 Å². The summed E-state index contributed by atoms with van der Waals surface area (Å²) in [6.45, 7) is 8.28. The Kier molecular flexibility index (Phi) is 8.14. The number of amides is 1. The topological polar surface area (TPSA) is 46.3 Å². The summed E-state index contributed by atoms with van der Waals surface area (Å²) in [6.07, 6.45) is 6.11. The Hall–Kier alpha value is -0.740. The number of nitrogens with two attached hydrogens (primary N) is 1. The van der Waals surface area contributed by atoms with E-state index in [-0.39, 0.29) is 5.91 Å². The molecule has 0 fully saturated rings. The zero-order valence-electron chi connectivity index (χ0n) is 9.32. The summed E-state index contributed by atoms with van der Waals surface area (Å²) < 4.78 is 0. The minimum atomic E-state index is -0.405. The minimum absolute atomic E-state index is 0.0242. The molecule has 0 spiro atoms. The van der Waals surface area contributed by atoms with Crippen LogP contribution in [0.3, 0.4) is 0 Å². The molecule has 2 N–H and O–H groups in total. The quantitative estimate of drug-likeness (QED) is 0.636. The van der Waals surface area contributed by atoms with E-state index in [4.69, 9.17) is 5.73 Å². The Labute approximate surface area is 96.4 Å². The highest BCUT2D eigenvalue weighted by Gasteiger charge is 2.18. The summed E-state index contributed by atoms with van der Waals surface area (Å²) in [5, 5.41) is 0. The molecule has 0 aromatic rings. The van der Waals surface area contributed by atoms with Crippen molar-refractivity contribution in [3.05, 3.63) is 25.3 Å². The maximum absolute atomic E-state index is 11.8. The van der Waals surface area contributed by atoms with Gasteiger partial charge in [-0.05, 0) is 18.4 Å². The first-order valence-corrected chi connectivity index (χ1v) is 6.31.